The summed E-state index contributed by atoms with van der Waals surface area (Å²) in [4.78, 5) is 29.1. The van der Waals surface area contributed by atoms with Crippen LogP contribution in [0.4, 0.5) is 5.82 Å². The van der Waals surface area contributed by atoms with Crippen LogP contribution in [0.2, 0.25) is 5.02 Å². The lowest BCUT2D eigenvalue weighted by atomic mass is 9.97. The lowest BCUT2D eigenvalue weighted by Gasteiger charge is -2.43. The number of aromatic nitrogens is 2. The summed E-state index contributed by atoms with van der Waals surface area (Å²) in [7, 11) is -1.49. The van der Waals surface area contributed by atoms with Gasteiger partial charge in [-0.3, -0.25) is 4.79 Å². The maximum Gasteiger partial charge on any atom is 0.272 e. The quantitative estimate of drug-likeness (QED) is 0.506. The molecule has 3 saturated heterocycles. The van der Waals surface area contributed by atoms with Crippen molar-refractivity contribution >= 4 is 33.3 Å². The Morgan fingerprint density at radius 3 is 2.35 bits per heavy atom. The first-order valence-electron chi connectivity index (χ1n) is 14.0. The van der Waals surface area contributed by atoms with E-state index in [1.807, 2.05) is 36.1 Å². The summed E-state index contributed by atoms with van der Waals surface area (Å²) in [6.45, 7) is 6.95. The van der Waals surface area contributed by atoms with Crippen molar-refractivity contribution in [2.75, 3.05) is 64.1 Å². The maximum atomic E-state index is 13.6. The molecule has 218 valence electrons. The van der Waals surface area contributed by atoms with Crippen molar-refractivity contribution in [3.05, 3.63) is 52.4 Å². The number of piperidine rings is 2. The molecule has 5 rings (SSSR count). The summed E-state index contributed by atoms with van der Waals surface area (Å²) in [5.41, 5.74) is 2.32. The molecule has 1 unspecified atom stereocenters. The van der Waals surface area contributed by atoms with Gasteiger partial charge in [-0.05, 0) is 63.4 Å². The van der Waals surface area contributed by atoms with Gasteiger partial charge in [0.15, 0.2) is 0 Å². The van der Waals surface area contributed by atoms with E-state index in [4.69, 9.17) is 16.3 Å². The number of nitrogens with zero attached hydrogens (tertiary/aromatic N) is 6. The van der Waals surface area contributed by atoms with Crippen molar-refractivity contribution < 1.29 is 17.9 Å². The number of carbonyl (C=O) groups excluding carboxylic acids is 1. The van der Waals surface area contributed by atoms with Crippen LogP contribution >= 0.6 is 11.6 Å². The number of sulfonamides is 1. The van der Waals surface area contributed by atoms with Gasteiger partial charge in [-0.1, -0.05) is 23.7 Å². The van der Waals surface area contributed by atoms with Crippen LogP contribution in [0.3, 0.4) is 0 Å². The Balaban J connectivity index is 1.18. The van der Waals surface area contributed by atoms with E-state index in [1.54, 1.807) is 7.05 Å². The summed E-state index contributed by atoms with van der Waals surface area (Å²) in [5.74, 6) is 0.730. The average Bonchev–Trinajstić information content (AvgIpc) is 2.97. The second kappa shape index (κ2) is 12.3. The van der Waals surface area contributed by atoms with E-state index in [2.05, 4.69) is 19.8 Å². The van der Waals surface area contributed by atoms with Crippen molar-refractivity contribution in [3.63, 3.8) is 0 Å². The van der Waals surface area contributed by atoms with E-state index < -0.39 is 10.0 Å². The van der Waals surface area contributed by atoms with E-state index in [0.29, 0.717) is 49.5 Å². The van der Waals surface area contributed by atoms with Gasteiger partial charge in [0.05, 0.1) is 12.9 Å². The van der Waals surface area contributed by atoms with Crippen molar-refractivity contribution in [1.29, 1.82) is 0 Å². The largest absolute Gasteiger partial charge is 0.370 e. The van der Waals surface area contributed by atoms with Crippen molar-refractivity contribution in [2.45, 2.75) is 50.8 Å². The molecule has 1 amide bonds. The number of carbonyl (C=O) groups is 1. The summed E-state index contributed by atoms with van der Waals surface area (Å²) in [6.07, 6.45) is 6.15. The molecule has 3 aliphatic heterocycles. The van der Waals surface area contributed by atoms with Gasteiger partial charge in [-0.25, -0.2) is 22.7 Å². The number of halogens is 1. The number of hydrogen-bond acceptors (Lipinski definition) is 8. The number of ether oxygens (including phenoxy) is 1. The zero-order chi connectivity index (χ0) is 28.4. The minimum absolute atomic E-state index is 0.0457. The number of amides is 1. The van der Waals surface area contributed by atoms with E-state index in [0.717, 1.165) is 55.7 Å². The molecule has 40 heavy (non-hydrogen) atoms. The molecule has 0 aliphatic carbocycles. The van der Waals surface area contributed by atoms with Crippen molar-refractivity contribution in [1.82, 2.24) is 24.1 Å². The van der Waals surface area contributed by atoms with Crippen LogP contribution in [0, 0.1) is 6.92 Å². The van der Waals surface area contributed by atoms with E-state index in [-0.39, 0.29) is 18.1 Å². The molecule has 4 heterocycles. The van der Waals surface area contributed by atoms with Crippen LogP contribution in [0.5, 0.6) is 0 Å². The summed E-state index contributed by atoms with van der Waals surface area (Å²) < 4.78 is 31.3. The Kier molecular flexibility index (Phi) is 8.96. The zero-order valence-corrected chi connectivity index (χ0v) is 25.1. The van der Waals surface area contributed by atoms with Crippen molar-refractivity contribution in [3.8, 4) is 0 Å². The lowest BCUT2D eigenvalue weighted by Crippen LogP contribution is -2.52. The highest BCUT2D eigenvalue weighted by Crippen LogP contribution is 2.29. The van der Waals surface area contributed by atoms with Crippen LogP contribution in [0.1, 0.15) is 53.4 Å². The van der Waals surface area contributed by atoms with Crippen LogP contribution in [0.25, 0.3) is 0 Å². The highest BCUT2D eigenvalue weighted by molar-refractivity contribution is 7.88. The Morgan fingerprint density at radius 2 is 1.70 bits per heavy atom. The fourth-order valence-corrected chi connectivity index (χ4v) is 7.04. The zero-order valence-electron chi connectivity index (χ0n) is 23.5. The average molecular weight is 591 g/mol. The van der Waals surface area contributed by atoms with Gasteiger partial charge in [0.25, 0.3) is 5.91 Å². The molecule has 1 atom stereocenters. The minimum atomic E-state index is -3.17. The number of hydrogen-bond donors (Lipinski definition) is 0. The summed E-state index contributed by atoms with van der Waals surface area (Å²) in [6, 6.07) is 8.18. The molecule has 0 N–H and O–H groups in total. The highest BCUT2D eigenvalue weighted by Gasteiger charge is 2.34. The molecule has 0 radical (unpaired) electrons. The minimum Gasteiger partial charge on any atom is -0.370 e. The molecule has 1 aromatic heterocycles. The normalized spacial score (nSPS) is 22.2. The Labute approximate surface area is 242 Å². The molecule has 2 aromatic rings. The highest BCUT2D eigenvalue weighted by atomic mass is 35.5. The monoisotopic (exact) mass is 590 g/mol. The van der Waals surface area contributed by atoms with Gasteiger partial charge in [0.2, 0.25) is 10.0 Å². The first-order chi connectivity index (χ1) is 19.1. The summed E-state index contributed by atoms with van der Waals surface area (Å²) in [5, 5.41) is 0.692. The van der Waals surface area contributed by atoms with E-state index in [9.17, 15) is 13.2 Å². The van der Waals surface area contributed by atoms with Gasteiger partial charge in [-0.15, -0.1) is 0 Å². The standard InChI is InChI=1S/C28H39ClN6O4S/c1-20-26(30-19-31-27(20)35-16-17-39-25(18-35)21-4-6-22(29)7-5-21)28(36)34-14-10-24(11-15-34)33-12-8-23(9-13-33)32(2)40(3,37)38/h4-7,19,23-25H,8-18H2,1-3H3. The van der Waals surface area contributed by atoms with Gasteiger partial charge in [0.1, 0.15) is 23.9 Å². The molecule has 1 aromatic carbocycles. The third kappa shape index (κ3) is 6.44. The Hall–Kier alpha value is -2.31. The van der Waals surface area contributed by atoms with Crippen LogP contribution in [0.15, 0.2) is 30.6 Å². The number of benzene rings is 1. The molecular weight excluding hydrogens is 552 g/mol. The van der Waals surface area contributed by atoms with Crippen LogP contribution in [-0.4, -0.2) is 110 Å². The molecule has 3 aliphatic rings. The van der Waals surface area contributed by atoms with Gasteiger partial charge < -0.3 is 19.4 Å². The predicted octanol–water partition coefficient (Wildman–Crippen LogP) is 2.98. The topological polar surface area (TPSA) is 99.2 Å². The lowest BCUT2D eigenvalue weighted by molar-refractivity contribution is 0.0394. The summed E-state index contributed by atoms with van der Waals surface area (Å²) >= 11 is 6.06. The first kappa shape index (κ1) is 29.2. The Morgan fingerprint density at radius 1 is 1.02 bits per heavy atom. The van der Waals surface area contributed by atoms with E-state index in [1.165, 1.54) is 16.9 Å². The number of likely N-dealkylation sites (tertiary alicyclic amines) is 2. The van der Waals surface area contributed by atoms with Crippen LogP contribution in [-0.2, 0) is 14.8 Å². The third-order valence-corrected chi connectivity index (χ3v) is 10.3. The van der Waals surface area contributed by atoms with Crippen molar-refractivity contribution in [2.24, 2.45) is 0 Å². The van der Waals surface area contributed by atoms with E-state index >= 15 is 0 Å². The van der Waals surface area contributed by atoms with Gasteiger partial charge >= 0.3 is 0 Å². The smallest absolute Gasteiger partial charge is 0.272 e. The third-order valence-electron chi connectivity index (χ3n) is 8.67. The number of rotatable bonds is 6. The van der Waals surface area contributed by atoms with Gasteiger partial charge in [-0.2, -0.15) is 0 Å². The predicted molar refractivity (Wildman–Crippen MR) is 155 cm³/mol. The van der Waals surface area contributed by atoms with Gasteiger partial charge in [0, 0.05) is 55.9 Å². The number of morpholine rings is 1. The molecule has 0 bridgehead atoms. The molecular formula is C28H39ClN6O4S. The Bertz CT molecular complexity index is 1290. The number of anilines is 1. The molecule has 10 nitrogen and oxygen atoms in total. The second-order valence-corrected chi connectivity index (χ2v) is 13.6. The second-order valence-electron chi connectivity index (χ2n) is 11.1. The fourth-order valence-electron chi connectivity index (χ4n) is 6.17. The SMILES string of the molecule is Cc1c(C(=O)N2CCC(N3CCC(N(C)S(C)(=O)=O)CC3)CC2)ncnc1N1CCOC(c2ccc(Cl)cc2)C1. The maximum absolute atomic E-state index is 13.6. The first-order valence-corrected chi connectivity index (χ1v) is 16.2. The molecule has 12 heteroatoms. The fraction of sp³-hybridized carbons (Fsp3) is 0.607. The molecule has 3 fully saturated rings. The molecule has 0 spiro atoms. The van der Waals surface area contributed by atoms with Crippen LogP contribution < -0.4 is 4.90 Å². The molecule has 0 saturated carbocycles.